The highest BCUT2D eigenvalue weighted by Crippen LogP contribution is 2.31. The molecule has 0 aliphatic carbocycles. The average Bonchev–Trinajstić information content (AvgIpc) is 2.69. The molecule has 1 aromatic carbocycles. The smallest absolute Gasteiger partial charge is 0.161 e. The van der Waals surface area contributed by atoms with E-state index >= 15 is 0 Å². The Morgan fingerprint density at radius 3 is 2.56 bits per heavy atom. The zero-order valence-electron chi connectivity index (χ0n) is 16.9. The standard InChI is InChI=1S/C23H36O4/c1-4-5-6-7-8-12-15-26-23-19(3)18(2)22(24)21(27-23)17-25-16-20-13-10-9-11-14-20/h4,9-11,13-14,18-19,21-24H,1,5-8,12,15-17H2,2-3H3/t18-,19?,21?,22+,23-/m1/s1. The molecule has 1 heterocycles. The molecule has 0 amide bonds. The molecule has 0 saturated carbocycles. The van der Waals surface area contributed by atoms with Gasteiger partial charge in [0.1, 0.15) is 6.10 Å². The molecule has 152 valence electrons. The number of rotatable bonds is 12. The number of allylic oxidation sites excluding steroid dienone is 1. The number of aliphatic hydroxyl groups is 1. The predicted octanol–water partition coefficient (Wildman–Crippen LogP) is 4.71. The van der Waals surface area contributed by atoms with Crippen LogP contribution in [0.3, 0.4) is 0 Å². The zero-order chi connectivity index (χ0) is 19.5. The molecule has 0 bridgehead atoms. The van der Waals surface area contributed by atoms with E-state index in [2.05, 4.69) is 20.4 Å². The summed E-state index contributed by atoms with van der Waals surface area (Å²) in [6, 6.07) is 10.0. The minimum atomic E-state index is -0.533. The van der Waals surface area contributed by atoms with Crippen molar-refractivity contribution >= 4 is 0 Å². The Balaban J connectivity index is 1.72. The number of hydrogen-bond acceptors (Lipinski definition) is 4. The summed E-state index contributed by atoms with van der Waals surface area (Å²) in [6.45, 7) is 9.49. The summed E-state index contributed by atoms with van der Waals surface area (Å²) >= 11 is 0. The molecule has 4 nitrogen and oxygen atoms in total. The lowest BCUT2D eigenvalue weighted by Crippen LogP contribution is -2.51. The van der Waals surface area contributed by atoms with Gasteiger partial charge < -0.3 is 19.3 Å². The van der Waals surface area contributed by atoms with E-state index in [-0.39, 0.29) is 24.2 Å². The van der Waals surface area contributed by atoms with Gasteiger partial charge in [0, 0.05) is 12.5 Å². The molecule has 4 heteroatoms. The Hall–Kier alpha value is -1.20. The second-order valence-electron chi connectivity index (χ2n) is 7.61. The van der Waals surface area contributed by atoms with E-state index in [1.807, 2.05) is 36.4 Å². The molecule has 1 N–H and O–H groups in total. The van der Waals surface area contributed by atoms with Crippen LogP contribution in [0.5, 0.6) is 0 Å². The van der Waals surface area contributed by atoms with Crippen LogP contribution >= 0.6 is 0 Å². The lowest BCUT2D eigenvalue weighted by molar-refractivity contribution is -0.271. The number of hydrogen-bond donors (Lipinski definition) is 1. The highest BCUT2D eigenvalue weighted by atomic mass is 16.7. The molecule has 1 aliphatic rings. The second kappa shape index (κ2) is 12.3. The molecule has 0 aromatic heterocycles. The quantitative estimate of drug-likeness (QED) is 0.424. The summed E-state index contributed by atoms with van der Waals surface area (Å²) in [5.74, 6) is 0.271. The molecule has 2 rings (SSSR count). The van der Waals surface area contributed by atoms with Crippen LogP contribution in [0, 0.1) is 11.8 Å². The van der Waals surface area contributed by atoms with Gasteiger partial charge in [0.2, 0.25) is 0 Å². The highest BCUT2D eigenvalue weighted by molar-refractivity contribution is 5.13. The third-order valence-corrected chi connectivity index (χ3v) is 5.47. The summed E-state index contributed by atoms with van der Waals surface area (Å²) in [7, 11) is 0. The van der Waals surface area contributed by atoms with E-state index in [0.29, 0.717) is 19.8 Å². The average molecular weight is 377 g/mol. The van der Waals surface area contributed by atoms with E-state index in [4.69, 9.17) is 14.2 Å². The van der Waals surface area contributed by atoms with E-state index in [1.165, 1.54) is 12.8 Å². The van der Waals surface area contributed by atoms with Crippen LogP contribution in [-0.4, -0.2) is 36.8 Å². The summed E-state index contributed by atoms with van der Waals surface area (Å²) in [6.07, 6.45) is 6.51. The Bertz CT molecular complexity index is 518. The maximum absolute atomic E-state index is 10.5. The Labute approximate surface area is 164 Å². The van der Waals surface area contributed by atoms with E-state index < -0.39 is 6.10 Å². The summed E-state index contributed by atoms with van der Waals surface area (Å²) in [5.41, 5.74) is 1.12. The van der Waals surface area contributed by atoms with E-state index in [0.717, 1.165) is 24.8 Å². The molecule has 1 saturated heterocycles. The fraction of sp³-hybridized carbons (Fsp3) is 0.652. The number of ether oxygens (including phenoxy) is 3. The molecular weight excluding hydrogens is 340 g/mol. The molecule has 27 heavy (non-hydrogen) atoms. The molecular formula is C23H36O4. The lowest BCUT2D eigenvalue weighted by Gasteiger charge is -2.42. The topological polar surface area (TPSA) is 47.9 Å². The van der Waals surface area contributed by atoms with Gasteiger partial charge in [-0.3, -0.25) is 0 Å². The van der Waals surface area contributed by atoms with Crippen LogP contribution in [0.2, 0.25) is 0 Å². The van der Waals surface area contributed by atoms with Crippen molar-refractivity contribution in [2.24, 2.45) is 11.8 Å². The van der Waals surface area contributed by atoms with E-state index in [1.54, 1.807) is 0 Å². The predicted molar refractivity (Wildman–Crippen MR) is 108 cm³/mol. The van der Waals surface area contributed by atoms with Crippen molar-refractivity contribution in [3.63, 3.8) is 0 Å². The van der Waals surface area contributed by atoms with Crippen LogP contribution in [0.1, 0.15) is 51.5 Å². The van der Waals surface area contributed by atoms with Gasteiger partial charge in [-0.2, -0.15) is 0 Å². The van der Waals surface area contributed by atoms with Crippen LogP contribution in [-0.2, 0) is 20.8 Å². The first-order valence-electron chi connectivity index (χ1n) is 10.3. The van der Waals surface area contributed by atoms with Gasteiger partial charge in [0.15, 0.2) is 6.29 Å². The SMILES string of the molecule is C=CCCCCCCO[C@@H]1OC(COCc2ccccc2)[C@@H](O)[C@H](C)C1C. The molecule has 2 unspecified atom stereocenters. The van der Waals surface area contributed by atoms with Crippen molar-refractivity contribution in [2.75, 3.05) is 13.2 Å². The molecule has 1 fully saturated rings. The largest absolute Gasteiger partial charge is 0.390 e. The normalized spacial score (nSPS) is 28.2. The van der Waals surface area contributed by atoms with Crippen LogP contribution < -0.4 is 0 Å². The summed E-state index contributed by atoms with van der Waals surface area (Å²) in [5, 5.41) is 10.5. The van der Waals surface area contributed by atoms with Gasteiger partial charge >= 0.3 is 0 Å². The maximum atomic E-state index is 10.5. The fourth-order valence-electron chi connectivity index (χ4n) is 3.41. The van der Waals surface area contributed by atoms with Gasteiger partial charge in [0.05, 0.1) is 19.3 Å². The number of benzene rings is 1. The monoisotopic (exact) mass is 376 g/mol. The molecule has 0 radical (unpaired) electrons. The number of aliphatic hydroxyl groups excluding tert-OH is 1. The van der Waals surface area contributed by atoms with Gasteiger partial charge in [-0.25, -0.2) is 0 Å². The summed E-state index contributed by atoms with van der Waals surface area (Å²) in [4.78, 5) is 0. The first-order chi connectivity index (χ1) is 13.1. The molecule has 0 spiro atoms. The first-order valence-corrected chi connectivity index (χ1v) is 10.3. The Kier molecular flexibility index (Phi) is 10.1. The lowest BCUT2D eigenvalue weighted by atomic mass is 9.85. The minimum absolute atomic E-state index is 0.113. The number of unbranched alkanes of at least 4 members (excludes halogenated alkanes) is 4. The third-order valence-electron chi connectivity index (χ3n) is 5.47. The van der Waals surface area contributed by atoms with Crippen molar-refractivity contribution in [3.05, 3.63) is 48.6 Å². The summed E-state index contributed by atoms with van der Waals surface area (Å²) < 4.78 is 17.9. The van der Waals surface area contributed by atoms with Crippen LogP contribution in [0.4, 0.5) is 0 Å². The fourth-order valence-corrected chi connectivity index (χ4v) is 3.41. The van der Waals surface area contributed by atoms with Crippen molar-refractivity contribution in [2.45, 2.75) is 71.1 Å². The van der Waals surface area contributed by atoms with Crippen LogP contribution in [0.15, 0.2) is 43.0 Å². The van der Waals surface area contributed by atoms with Crippen molar-refractivity contribution < 1.29 is 19.3 Å². The zero-order valence-corrected chi connectivity index (χ0v) is 16.9. The molecule has 1 aliphatic heterocycles. The molecule has 5 atom stereocenters. The van der Waals surface area contributed by atoms with E-state index in [9.17, 15) is 5.11 Å². The van der Waals surface area contributed by atoms with Gasteiger partial charge in [-0.15, -0.1) is 6.58 Å². The minimum Gasteiger partial charge on any atom is -0.390 e. The van der Waals surface area contributed by atoms with Crippen molar-refractivity contribution in [1.29, 1.82) is 0 Å². The van der Waals surface area contributed by atoms with Crippen molar-refractivity contribution in [3.8, 4) is 0 Å². The maximum Gasteiger partial charge on any atom is 0.161 e. The Morgan fingerprint density at radius 2 is 1.81 bits per heavy atom. The van der Waals surface area contributed by atoms with Gasteiger partial charge in [0.25, 0.3) is 0 Å². The Morgan fingerprint density at radius 1 is 1.07 bits per heavy atom. The second-order valence-corrected chi connectivity index (χ2v) is 7.61. The van der Waals surface area contributed by atoms with Crippen molar-refractivity contribution in [1.82, 2.24) is 0 Å². The highest BCUT2D eigenvalue weighted by Gasteiger charge is 2.41. The van der Waals surface area contributed by atoms with Crippen LogP contribution in [0.25, 0.3) is 0 Å². The first kappa shape index (κ1) is 22.1. The third kappa shape index (κ3) is 7.38. The molecule has 1 aromatic rings. The van der Waals surface area contributed by atoms with Gasteiger partial charge in [-0.05, 0) is 30.7 Å². The van der Waals surface area contributed by atoms with Gasteiger partial charge in [-0.1, -0.05) is 63.1 Å².